The zero-order valence-corrected chi connectivity index (χ0v) is 17.0. The molecule has 154 valence electrons. The number of aliphatic imine (C=N–C) groups is 1. The van der Waals surface area contributed by atoms with Gasteiger partial charge in [0.15, 0.2) is 0 Å². The molecule has 1 aromatic heterocycles. The van der Waals surface area contributed by atoms with Crippen LogP contribution in [0.2, 0.25) is 0 Å². The van der Waals surface area contributed by atoms with Crippen LogP contribution in [0.4, 0.5) is 10.7 Å². The molecule has 0 unspecified atom stereocenters. The van der Waals surface area contributed by atoms with Crippen LogP contribution < -0.4 is 9.84 Å². The number of hydrogen-bond donors (Lipinski definition) is 0. The maximum Gasteiger partial charge on any atom is 0.341 e. The van der Waals surface area contributed by atoms with E-state index >= 15 is 0 Å². The number of carbonyl (C=O) groups excluding carboxylic acids is 1. The van der Waals surface area contributed by atoms with Crippen LogP contribution in [0.15, 0.2) is 17.1 Å². The van der Waals surface area contributed by atoms with Crippen LogP contribution in [0.3, 0.4) is 0 Å². The number of benzene rings is 1. The lowest BCUT2D eigenvalue weighted by molar-refractivity contribution is -0.385. The molecule has 0 amide bonds. The first-order valence-electron chi connectivity index (χ1n) is 9.44. The number of thiophene rings is 1. The highest BCUT2D eigenvalue weighted by Gasteiger charge is 2.26. The SMILES string of the molecule is CCOC(=O)c1c(N=Cc2cc([N+](=O)[O-])cc(OCC)c2[O-])sc2c1CCCC2. The van der Waals surface area contributed by atoms with Crippen molar-refractivity contribution in [2.45, 2.75) is 39.5 Å². The second-order valence-electron chi connectivity index (χ2n) is 6.42. The van der Waals surface area contributed by atoms with Gasteiger partial charge in [-0.2, -0.15) is 0 Å². The van der Waals surface area contributed by atoms with E-state index < -0.39 is 16.6 Å². The molecule has 0 atom stereocenters. The lowest BCUT2D eigenvalue weighted by Crippen LogP contribution is -2.09. The number of hydrogen-bond acceptors (Lipinski definition) is 8. The molecule has 0 saturated carbocycles. The second-order valence-corrected chi connectivity index (χ2v) is 7.51. The molecular formula is C20H21N2O6S-. The van der Waals surface area contributed by atoms with Crippen LogP contribution in [0, 0.1) is 10.1 Å². The maximum atomic E-state index is 12.5. The fourth-order valence-corrected chi connectivity index (χ4v) is 4.48. The lowest BCUT2D eigenvalue weighted by atomic mass is 9.95. The highest BCUT2D eigenvalue weighted by atomic mass is 32.1. The molecule has 9 heteroatoms. The number of ether oxygens (including phenoxy) is 2. The smallest absolute Gasteiger partial charge is 0.341 e. The fourth-order valence-electron chi connectivity index (χ4n) is 3.26. The van der Waals surface area contributed by atoms with Crippen molar-refractivity contribution >= 4 is 34.2 Å². The van der Waals surface area contributed by atoms with E-state index in [1.807, 2.05) is 0 Å². The van der Waals surface area contributed by atoms with Gasteiger partial charge in [-0.3, -0.25) is 10.1 Å². The molecule has 0 aliphatic heterocycles. The van der Waals surface area contributed by atoms with Gasteiger partial charge in [0.25, 0.3) is 5.69 Å². The minimum Gasteiger partial charge on any atom is -0.870 e. The Morgan fingerprint density at radius 2 is 2.03 bits per heavy atom. The maximum absolute atomic E-state index is 12.5. The van der Waals surface area contributed by atoms with Crippen molar-refractivity contribution in [2.24, 2.45) is 4.99 Å². The van der Waals surface area contributed by atoms with E-state index in [9.17, 15) is 20.0 Å². The Kier molecular flexibility index (Phi) is 6.48. The van der Waals surface area contributed by atoms with Crippen LogP contribution in [-0.2, 0) is 17.6 Å². The normalized spacial score (nSPS) is 13.3. The number of rotatable bonds is 7. The summed E-state index contributed by atoms with van der Waals surface area (Å²) in [6.07, 6.45) is 4.96. The van der Waals surface area contributed by atoms with E-state index in [0.717, 1.165) is 48.3 Å². The van der Waals surface area contributed by atoms with E-state index in [2.05, 4.69) is 4.99 Å². The van der Waals surface area contributed by atoms with Crippen molar-refractivity contribution in [3.63, 3.8) is 0 Å². The predicted octanol–water partition coefficient (Wildman–Crippen LogP) is 3.93. The van der Waals surface area contributed by atoms with Gasteiger partial charge in [0.2, 0.25) is 0 Å². The summed E-state index contributed by atoms with van der Waals surface area (Å²) in [5, 5.41) is 24.2. The Balaban J connectivity index is 2.05. The summed E-state index contributed by atoms with van der Waals surface area (Å²) >= 11 is 1.40. The van der Waals surface area contributed by atoms with Crippen molar-refractivity contribution in [1.82, 2.24) is 0 Å². The molecule has 0 radical (unpaired) electrons. The third kappa shape index (κ3) is 4.40. The Hall–Kier alpha value is -2.94. The van der Waals surface area contributed by atoms with Crippen molar-refractivity contribution in [3.8, 4) is 11.5 Å². The van der Waals surface area contributed by atoms with Gasteiger partial charge >= 0.3 is 5.97 Å². The quantitative estimate of drug-likeness (QED) is 0.292. The molecule has 8 nitrogen and oxygen atoms in total. The number of carbonyl (C=O) groups is 1. The summed E-state index contributed by atoms with van der Waals surface area (Å²) in [4.78, 5) is 28.6. The summed E-state index contributed by atoms with van der Waals surface area (Å²) in [6, 6.07) is 2.27. The summed E-state index contributed by atoms with van der Waals surface area (Å²) < 4.78 is 10.4. The lowest BCUT2D eigenvalue weighted by Gasteiger charge is -2.16. The molecule has 0 N–H and O–H groups in total. The van der Waals surface area contributed by atoms with E-state index in [-0.39, 0.29) is 30.2 Å². The molecule has 0 saturated heterocycles. The number of nitro groups is 1. The van der Waals surface area contributed by atoms with Crippen molar-refractivity contribution in [3.05, 3.63) is 43.8 Å². The molecule has 2 aromatic rings. The third-order valence-electron chi connectivity index (χ3n) is 4.53. The van der Waals surface area contributed by atoms with Gasteiger partial charge in [0.1, 0.15) is 10.8 Å². The number of nitro benzene ring substituents is 1. The Labute approximate surface area is 172 Å². The average molecular weight is 417 g/mol. The first kappa shape index (κ1) is 20.8. The standard InChI is InChI=1S/C20H22N2O6S/c1-3-27-15-10-13(22(25)26)9-12(18(15)23)11-21-19-17(20(24)28-4-2)14-7-5-6-8-16(14)29-19/h9-11,23H,3-8H2,1-2H3/p-1. The molecule has 0 spiro atoms. The number of nitrogens with zero attached hydrogens (tertiary/aromatic N) is 2. The van der Waals surface area contributed by atoms with Gasteiger partial charge < -0.3 is 14.6 Å². The van der Waals surface area contributed by atoms with Gasteiger partial charge in [-0.25, -0.2) is 9.79 Å². The van der Waals surface area contributed by atoms with Gasteiger partial charge in [-0.05, 0) is 50.7 Å². The van der Waals surface area contributed by atoms with Crippen LogP contribution in [-0.4, -0.2) is 30.3 Å². The molecule has 1 aliphatic carbocycles. The zero-order chi connectivity index (χ0) is 21.0. The Morgan fingerprint density at radius 3 is 2.72 bits per heavy atom. The van der Waals surface area contributed by atoms with Crippen LogP contribution in [0.25, 0.3) is 0 Å². The van der Waals surface area contributed by atoms with Crippen molar-refractivity contribution in [2.75, 3.05) is 13.2 Å². The molecule has 0 bridgehead atoms. The summed E-state index contributed by atoms with van der Waals surface area (Å²) in [5.41, 5.74) is 1.17. The van der Waals surface area contributed by atoms with Crippen LogP contribution in [0.1, 0.15) is 53.1 Å². The van der Waals surface area contributed by atoms with E-state index in [1.54, 1.807) is 13.8 Å². The second kappa shape index (κ2) is 9.04. The molecule has 1 heterocycles. The molecule has 3 rings (SSSR count). The van der Waals surface area contributed by atoms with E-state index in [1.165, 1.54) is 17.6 Å². The highest BCUT2D eigenvalue weighted by Crippen LogP contribution is 2.40. The molecule has 1 aromatic carbocycles. The zero-order valence-electron chi connectivity index (χ0n) is 16.2. The summed E-state index contributed by atoms with van der Waals surface area (Å²) in [5.74, 6) is -1.02. The minimum atomic E-state index is -0.590. The third-order valence-corrected chi connectivity index (χ3v) is 5.73. The summed E-state index contributed by atoms with van der Waals surface area (Å²) in [7, 11) is 0. The van der Waals surface area contributed by atoms with Crippen molar-refractivity contribution < 1.29 is 24.3 Å². The molecule has 1 aliphatic rings. The van der Waals surface area contributed by atoms with Crippen LogP contribution >= 0.6 is 11.3 Å². The number of esters is 1. The fraction of sp³-hybridized carbons (Fsp3) is 0.400. The molecule has 0 fully saturated rings. The van der Waals surface area contributed by atoms with E-state index in [0.29, 0.717) is 10.6 Å². The largest absolute Gasteiger partial charge is 0.870 e. The molecule has 29 heavy (non-hydrogen) atoms. The average Bonchev–Trinajstić information content (AvgIpc) is 3.07. The summed E-state index contributed by atoms with van der Waals surface area (Å²) in [6.45, 7) is 3.88. The van der Waals surface area contributed by atoms with Gasteiger partial charge in [0.05, 0.1) is 29.8 Å². The number of fused-ring (bicyclic) bond motifs is 1. The van der Waals surface area contributed by atoms with Gasteiger partial charge in [-0.15, -0.1) is 11.3 Å². The van der Waals surface area contributed by atoms with Crippen molar-refractivity contribution in [1.29, 1.82) is 0 Å². The first-order valence-corrected chi connectivity index (χ1v) is 10.3. The van der Waals surface area contributed by atoms with Gasteiger partial charge in [-0.1, -0.05) is 5.75 Å². The van der Waals surface area contributed by atoms with Gasteiger partial charge in [0, 0.05) is 17.2 Å². The topological polar surface area (TPSA) is 114 Å². The Morgan fingerprint density at radius 1 is 1.28 bits per heavy atom. The Bertz CT molecular complexity index is 966. The minimum absolute atomic E-state index is 0.0313. The predicted molar refractivity (Wildman–Crippen MR) is 108 cm³/mol. The van der Waals surface area contributed by atoms with E-state index in [4.69, 9.17) is 9.47 Å². The first-order chi connectivity index (χ1) is 14.0. The highest BCUT2D eigenvalue weighted by molar-refractivity contribution is 7.16. The number of aryl methyl sites for hydroxylation is 1. The monoisotopic (exact) mass is 417 g/mol. The number of non-ortho nitro benzene ring substituents is 1. The molecular weight excluding hydrogens is 396 g/mol. The van der Waals surface area contributed by atoms with Crippen LogP contribution in [0.5, 0.6) is 11.5 Å².